The van der Waals surface area contributed by atoms with Gasteiger partial charge in [-0.1, -0.05) is 42.5 Å². The number of ether oxygens (including phenoxy) is 2. The van der Waals surface area contributed by atoms with Crippen molar-refractivity contribution in [3.8, 4) is 11.5 Å². The zero-order valence-electron chi connectivity index (χ0n) is 20.3. The summed E-state index contributed by atoms with van der Waals surface area (Å²) >= 11 is 0. The van der Waals surface area contributed by atoms with Crippen LogP contribution >= 0.6 is 0 Å². The minimum absolute atomic E-state index is 0. The molecule has 0 amide bonds. The van der Waals surface area contributed by atoms with Crippen molar-refractivity contribution in [2.45, 2.75) is 13.2 Å². The molecule has 0 spiro atoms. The van der Waals surface area contributed by atoms with Crippen molar-refractivity contribution in [1.82, 2.24) is 15.0 Å². The van der Waals surface area contributed by atoms with Gasteiger partial charge in [0, 0.05) is 23.2 Å². The summed E-state index contributed by atoms with van der Waals surface area (Å²) in [5, 5.41) is 31.6. The van der Waals surface area contributed by atoms with E-state index in [2.05, 4.69) is 15.0 Å². The average Bonchev–Trinajstić information content (AvgIpc) is 2.90. The van der Waals surface area contributed by atoms with Gasteiger partial charge in [-0.3, -0.25) is 15.0 Å². The van der Waals surface area contributed by atoms with Gasteiger partial charge in [-0.05, 0) is 36.4 Å². The zero-order chi connectivity index (χ0) is 27.3. The van der Waals surface area contributed by atoms with Crippen LogP contribution in [-0.2, 0) is 40.5 Å². The van der Waals surface area contributed by atoms with E-state index < -0.39 is 10.2 Å². The van der Waals surface area contributed by atoms with Crippen LogP contribution in [0.1, 0.15) is 11.4 Å². The van der Waals surface area contributed by atoms with Crippen molar-refractivity contribution in [3.05, 3.63) is 133 Å². The first-order valence-corrected chi connectivity index (χ1v) is 10.8. The first-order chi connectivity index (χ1) is 18.3. The number of pyridine rings is 3. The Morgan fingerprint density at radius 2 is 0.949 bits per heavy atom. The Morgan fingerprint density at radius 1 is 0.590 bits per heavy atom. The molecule has 0 fully saturated rings. The van der Waals surface area contributed by atoms with Crippen LogP contribution in [0.4, 0.5) is 0 Å². The Hall–Kier alpha value is -4.67. The zero-order valence-corrected chi connectivity index (χ0v) is 24.3. The van der Waals surface area contributed by atoms with E-state index >= 15 is 0 Å². The van der Waals surface area contributed by atoms with Crippen molar-refractivity contribution in [3.63, 3.8) is 0 Å². The van der Waals surface area contributed by atoms with E-state index in [9.17, 15) is 0 Å². The quantitative estimate of drug-likeness (QED) is 0.142. The molecule has 0 aliphatic rings. The van der Waals surface area contributed by atoms with Gasteiger partial charge in [-0.25, -0.2) is 0 Å². The SMILES string of the molecule is O=[N+]([O-])[O-].O=[N+]([O-])[O-].[Cd+2].c1cc(COc2cccc3cccnc23)nc(COc2cccc3cccnc23)c1. The monoisotopic (exact) mass is 631 g/mol. The van der Waals surface area contributed by atoms with E-state index in [4.69, 9.17) is 40.1 Å². The third-order valence-electron chi connectivity index (χ3n) is 4.81. The average molecular weight is 630 g/mol. The number of rotatable bonds is 6. The standard InChI is InChI=1S/C25H19N3O2.Cd.2NO3/c1-6-18-8-4-14-26-24(18)22(12-1)29-16-20-10-3-11-21(28-20)17-30-23-13-2-7-19-9-5-15-27-25(19)23;;2*2-1(3)4/h1-15H,16-17H2;;;/q;+2;2*-1. The molecule has 0 saturated heterocycles. The second-order valence-electron chi connectivity index (χ2n) is 7.31. The number of hydrogen-bond acceptors (Lipinski definition) is 11. The van der Waals surface area contributed by atoms with Gasteiger partial charge in [-0.15, -0.1) is 0 Å². The van der Waals surface area contributed by atoms with Crippen LogP contribution < -0.4 is 9.47 Å². The van der Waals surface area contributed by atoms with Gasteiger partial charge in [0.2, 0.25) is 0 Å². The first-order valence-electron chi connectivity index (χ1n) is 10.8. The number of para-hydroxylation sites is 2. The van der Waals surface area contributed by atoms with Crippen LogP contribution in [0.5, 0.6) is 11.5 Å². The maximum Gasteiger partial charge on any atom is 2.00 e. The molecular weight excluding hydrogens is 611 g/mol. The first kappa shape index (κ1) is 30.6. The summed E-state index contributed by atoms with van der Waals surface area (Å²) in [5.41, 5.74) is 3.37. The van der Waals surface area contributed by atoms with Gasteiger partial charge in [0.15, 0.2) is 0 Å². The van der Waals surface area contributed by atoms with Crippen molar-refractivity contribution in [1.29, 1.82) is 0 Å². The molecule has 0 aliphatic carbocycles. The minimum atomic E-state index is -1.75. The Morgan fingerprint density at radius 3 is 1.36 bits per heavy atom. The summed E-state index contributed by atoms with van der Waals surface area (Å²) in [6, 6.07) is 25.6. The minimum Gasteiger partial charge on any atom is -0.485 e. The topological polar surface area (TPSA) is 190 Å². The van der Waals surface area contributed by atoms with Crippen LogP contribution in [0.15, 0.2) is 91.3 Å². The Labute approximate surface area is 241 Å². The molecule has 194 valence electrons. The van der Waals surface area contributed by atoms with Gasteiger partial charge in [-0.2, -0.15) is 0 Å². The van der Waals surface area contributed by atoms with E-state index in [-0.39, 0.29) is 27.3 Å². The molecule has 0 saturated carbocycles. The number of nitrogens with zero attached hydrogens (tertiary/aromatic N) is 5. The molecule has 5 aromatic rings. The molecule has 5 rings (SSSR count). The van der Waals surface area contributed by atoms with Gasteiger partial charge in [0.25, 0.3) is 0 Å². The Balaban J connectivity index is 0.000000527. The molecule has 2 aromatic carbocycles. The van der Waals surface area contributed by atoms with Gasteiger partial charge in [0.05, 0.1) is 21.6 Å². The molecule has 3 aromatic heterocycles. The van der Waals surface area contributed by atoms with Crippen LogP contribution in [0.2, 0.25) is 0 Å². The van der Waals surface area contributed by atoms with Crippen molar-refractivity contribution in [2.75, 3.05) is 0 Å². The Kier molecular flexibility index (Phi) is 12.2. The number of hydrogen-bond donors (Lipinski definition) is 0. The van der Waals surface area contributed by atoms with Crippen LogP contribution in [0.3, 0.4) is 0 Å². The second-order valence-corrected chi connectivity index (χ2v) is 7.31. The molecular formula is C25H19CdN5O8. The molecule has 0 unspecified atom stereocenters. The van der Waals surface area contributed by atoms with E-state index in [0.29, 0.717) is 13.2 Å². The molecule has 39 heavy (non-hydrogen) atoms. The van der Waals surface area contributed by atoms with E-state index in [1.165, 1.54) is 0 Å². The summed E-state index contributed by atoms with van der Waals surface area (Å²) in [6.07, 6.45) is 3.54. The third kappa shape index (κ3) is 9.96. The van der Waals surface area contributed by atoms with Crippen LogP contribution in [0, 0.1) is 30.6 Å². The molecule has 0 bridgehead atoms. The normalized spacial score (nSPS) is 9.64. The smallest absolute Gasteiger partial charge is 0.485 e. The van der Waals surface area contributed by atoms with Gasteiger partial charge >= 0.3 is 27.3 Å². The summed E-state index contributed by atoms with van der Waals surface area (Å²) in [6.45, 7) is 0.721. The number of aromatic nitrogens is 3. The molecule has 14 heteroatoms. The third-order valence-corrected chi connectivity index (χ3v) is 4.81. The van der Waals surface area contributed by atoms with Crippen molar-refractivity contribution in [2.24, 2.45) is 0 Å². The fraction of sp³-hybridized carbons (Fsp3) is 0.0800. The molecule has 0 radical (unpaired) electrons. The summed E-state index contributed by atoms with van der Waals surface area (Å²) in [5.74, 6) is 1.50. The molecule has 0 atom stereocenters. The van der Waals surface area contributed by atoms with E-state index in [0.717, 1.165) is 44.7 Å². The van der Waals surface area contributed by atoms with E-state index in [1.807, 2.05) is 78.9 Å². The number of fused-ring (bicyclic) bond motifs is 2. The molecule has 0 N–H and O–H groups in total. The van der Waals surface area contributed by atoms with Crippen LogP contribution in [-0.4, -0.2) is 25.1 Å². The molecule has 0 aliphatic heterocycles. The van der Waals surface area contributed by atoms with E-state index in [1.54, 1.807) is 12.4 Å². The van der Waals surface area contributed by atoms with Gasteiger partial charge < -0.3 is 40.1 Å². The summed E-state index contributed by atoms with van der Waals surface area (Å²) in [4.78, 5) is 30.0. The molecule has 13 nitrogen and oxygen atoms in total. The second kappa shape index (κ2) is 15.6. The predicted molar refractivity (Wildman–Crippen MR) is 137 cm³/mol. The predicted octanol–water partition coefficient (Wildman–Crippen LogP) is 4.86. The summed E-state index contributed by atoms with van der Waals surface area (Å²) < 4.78 is 12.0. The maximum absolute atomic E-state index is 8.25. The molecule has 3 heterocycles. The van der Waals surface area contributed by atoms with Gasteiger partial charge in [0.1, 0.15) is 35.7 Å². The Bertz CT molecular complexity index is 1410. The van der Waals surface area contributed by atoms with Crippen molar-refractivity contribution >= 4 is 21.8 Å². The fourth-order valence-electron chi connectivity index (χ4n) is 3.38. The number of benzene rings is 2. The largest absolute Gasteiger partial charge is 2.00 e. The van der Waals surface area contributed by atoms with Crippen LogP contribution in [0.25, 0.3) is 21.8 Å². The van der Waals surface area contributed by atoms with Crippen molar-refractivity contribution < 1.29 is 46.9 Å². The summed E-state index contributed by atoms with van der Waals surface area (Å²) in [7, 11) is 0. The maximum atomic E-state index is 8.25. The fourth-order valence-corrected chi connectivity index (χ4v) is 3.38.